The van der Waals surface area contributed by atoms with Crippen LogP contribution in [0.15, 0.2) is 48.5 Å². The number of halogens is 1. The number of rotatable bonds is 8. The number of carbonyl (C=O) groups is 1. The number of nitrogen functional groups attached to an aromatic ring is 1. The number of amides is 1. The maximum absolute atomic E-state index is 13.3. The molecule has 0 spiro atoms. The monoisotopic (exact) mass is 328 g/mol. The maximum Gasteiger partial charge on any atom is 0.222 e. The van der Waals surface area contributed by atoms with Crippen molar-refractivity contribution in [2.24, 2.45) is 0 Å². The molecule has 4 heteroatoms. The predicted molar refractivity (Wildman–Crippen MR) is 96.2 cm³/mol. The summed E-state index contributed by atoms with van der Waals surface area (Å²) in [7, 11) is 0. The lowest BCUT2D eigenvalue weighted by Crippen LogP contribution is -2.33. The number of anilines is 1. The van der Waals surface area contributed by atoms with E-state index in [2.05, 4.69) is 6.92 Å². The SMILES string of the molecule is CCCN(CCc1cccc(F)c1)C(=O)CCc1ccccc1N. The van der Waals surface area contributed by atoms with Crippen LogP contribution in [0.3, 0.4) is 0 Å². The topological polar surface area (TPSA) is 46.3 Å². The molecule has 0 aliphatic carbocycles. The van der Waals surface area contributed by atoms with Crippen molar-refractivity contribution in [1.29, 1.82) is 0 Å². The first kappa shape index (κ1) is 18.0. The molecule has 0 fully saturated rings. The Morgan fingerprint density at radius 2 is 1.88 bits per heavy atom. The van der Waals surface area contributed by atoms with Gasteiger partial charge in [-0.05, 0) is 48.6 Å². The number of hydrogen-bond acceptors (Lipinski definition) is 2. The first-order valence-corrected chi connectivity index (χ1v) is 8.45. The Balaban J connectivity index is 1.91. The molecule has 0 atom stereocenters. The molecule has 24 heavy (non-hydrogen) atoms. The van der Waals surface area contributed by atoms with E-state index in [1.807, 2.05) is 35.2 Å². The lowest BCUT2D eigenvalue weighted by Gasteiger charge is -2.22. The fraction of sp³-hybridized carbons (Fsp3) is 0.350. The standard InChI is InChI=1S/C20H25FN2O/c1-2-13-23(14-12-16-6-5-8-18(21)15-16)20(24)11-10-17-7-3-4-9-19(17)22/h3-9,15H,2,10-14,22H2,1H3. The maximum atomic E-state index is 13.3. The van der Waals surface area contributed by atoms with Gasteiger partial charge in [0.15, 0.2) is 0 Å². The highest BCUT2D eigenvalue weighted by atomic mass is 19.1. The number of aryl methyl sites for hydroxylation is 1. The number of nitrogens with two attached hydrogens (primary N) is 1. The van der Waals surface area contributed by atoms with Gasteiger partial charge in [0.05, 0.1) is 0 Å². The van der Waals surface area contributed by atoms with Gasteiger partial charge in [0.25, 0.3) is 0 Å². The molecule has 1 amide bonds. The van der Waals surface area contributed by atoms with Gasteiger partial charge in [0, 0.05) is 25.2 Å². The number of nitrogens with zero attached hydrogens (tertiary/aromatic N) is 1. The van der Waals surface area contributed by atoms with Gasteiger partial charge in [-0.15, -0.1) is 0 Å². The Morgan fingerprint density at radius 1 is 1.08 bits per heavy atom. The van der Waals surface area contributed by atoms with E-state index in [0.717, 1.165) is 29.8 Å². The summed E-state index contributed by atoms with van der Waals surface area (Å²) in [6, 6.07) is 14.2. The molecule has 2 aromatic carbocycles. The van der Waals surface area contributed by atoms with E-state index >= 15 is 0 Å². The highest BCUT2D eigenvalue weighted by molar-refractivity contribution is 5.76. The van der Waals surface area contributed by atoms with Crippen LogP contribution in [0, 0.1) is 5.82 Å². The molecule has 0 unspecified atom stereocenters. The molecule has 3 nitrogen and oxygen atoms in total. The summed E-state index contributed by atoms with van der Waals surface area (Å²) in [4.78, 5) is 14.4. The minimum absolute atomic E-state index is 0.122. The molecule has 0 aromatic heterocycles. The number of hydrogen-bond donors (Lipinski definition) is 1. The minimum Gasteiger partial charge on any atom is -0.399 e. The molecule has 0 saturated carbocycles. The van der Waals surface area contributed by atoms with E-state index in [4.69, 9.17) is 5.73 Å². The Kier molecular flexibility index (Phi) is 6.79. The van der Waals surface area contributed by atoms with Crippen LogP contribution in [-0.4, -0.2) is 23.9 Å². The van der Waals surface area contributed by atoms with E-state index < -0.39 is 0 Å². The molecular formula is C20H25FN2O. The van der Waals surface area contributed by atoms with Gasteiger partial charge in [0.2, 0.25) is 5.91 Å². The van der Waals surface area contributed by atoms with Crippen LogP contribution in [0.5, 0.6) is 0 Å². The molecule has 0 aliphatic heterocycles. The van der Waals surface area contributed by atoms with Gasteiger partial charge in [-0.25, -0.2) is 4.39 Å². The van der Waals surface area contributed by atoms with Crippen molar-refractivity contribution in [2.75, 3.05) is 18.8 Å². The summed E-state index contributed by atoms with van der Waals surface area (Å²) in [6.45, 7) is 3.39. The van der Waals surface area contributed by atoms with E-state index in [-0.39, 0.29) is 11.7 Å². The van der Waals surface area contributed by atoms with Crippen LogP contribution in [0.25, 0.3) is 0 Å². The summed E-state index contributed by atoms with van der Waals surface area (Å²) in [5, 5.41) is 0. The molecule has 2 aromatic rings. The Bertz CT molecular complexity index is 672. The van der Waals surface area contributed by atoms with E-state index in [1.54, 1.807) is 6.07 Å². The van der Waals surface area contributed by atoms with Crippen LogP contribution in [0.4, 0.5) is 10.1 Å². The van der Waals surface area contributed by atoms with Crippen LogP contribution in [-0.2, 0) is 17.6 Å². The predicted octanol–water partition coefficient (Wildman–Crippen LogP) is 3.82. The van der Waals surface area contributed by atoms with Crippen molar-refractivity contribution < 1.29 is 9.18 Å². The summed E-state index contributed by atoms with van der Waals surface area (Å²) in [6.07, 6.45) is 2.66. The average molecular weight is 328 g/mol. The second kappa shape index (κ2) is 9.06. The zero-order valence-electron chi connectivity index (χ0n) is 14.2. The van der Waals surface area contributed by atoms with Crippen LogP contribution < -0.4 is 5.73 Å². The molecule has 0 heterocycles. The summed E-state index contributed by atoms with van der Waals surface area (Å²) in [5.74, 6) is -0.114. The summed E-state index contributed by atoms with van der Waals surface area (Å²) >= 11 is 0. The number of carbonyl (C=O) groups excluding carboxylic acids is 1. The van der Waals surface area contributed by atoms with E-state index in [9.17, 15) is 9.18 Å². The van der Waals surface area contributed by atoms with E-state index in [0.29, 0.717) is 25.8 Å². The zero-order valence-corrected chi connectivity index (χ0v) is 14.2. The van der Waals surface area contributed by atoms with Crippen LogP contribution in [0.2, 0.25) is 0 Å². The normalized spacial score (nSPS) is 10.6. The minimum atomic E-state index is -0.236. The van der Waals surface area contributed by atoms with Crippen molar-refractivity contribution >= 4 is 11.6 Å². The highest BCUT2D eigenvalue weighted by Gasteiger charge is 2.13. The average Bonchev–Trinajstić information content (AvgIpc) is 2.57. The molecule has 2 rings (SSSR count). The van der Waals surface area contributed by atoms with Gasteiger partial charge < -0.3 is 10.6 Å². The lowest BCUT2D eigenvalue weighted by molar-refractivity contribution is -0.131. The first-order valence-electron chi connectivity index (χ1n) is 8.45. The van der Waals surface area contributed by atoms with E-state index in [1.165, 1.54) is 12.1 Å². The van der Waals surface area contributed by atoms with Crippen molar-refractivity contribution in [3.63, 3.8) is 0 Å². The number of benzene rings is 2. The third-order valence-corrected chi connectivity index (χ3v) is 4.07. The van der Waals surface area contributed by atoms with Gasteiger partial charge >= 0.3 is 0 Å². The summed E-state index contributed by atoms with van der Waals surface area (Å²) in [5.41, 5.74) is 8.58. The quantitative estimate of drug-likeness (QED) is 0.749. The molecule has 0 aliphatic rings. The van der Waals surface area contributed by atoms with Crippen LogP contribution in [0.1, 0.15) is 30.9 Å². The van der Waals surface area contributed by atoms with Crippen molar-refractivity contribution in [3.8, 4) is 0 Å². The smallest absolute Gasteiger partial charge is 0.222 e. The highest BCUT2D eigenvalue weighted by Crippen LogP contribution is 2.14. The first-order chi connectivity index (χ1) is 11.6. The molecular weight excluding hydrogens is 303 g/mol. The Labute approximate surface area is 143 Å². The van der Waals surface area contributed by atoms with Crippen LogP contribution >= 0.6 is 0 Å². The Morgan fingerprint density at radius 3 is 2.58 bits per heavy atom. The third kappa shape index (κ3) is 5.37. The fourth-order valence-corrected chi connectivity index (χ4v) is 2.75. The second-order valence-corrected chi connectivity index (χ2v) is 5.96. The molecule has 2 N–H and O–H groups in total. The van der Waals surface area contributed by atoms with Crippen molar-refractivity contribution in [2.45, 2.75) is 32.6 Å². The van der Waals surface area contributed by atoms with Gasteiger partial charge in [-0.1, -0.05) is 37.3 Å². The summed E-state index contributed by atoms with van der Waals surface area (Å²) < 4.78 is 13.3. The second-order valence-electron chi connectivity index (χ2n) is 5.96. The van der Waals surface area contributed by atoms with Gasteiger partial charge in [0.1, 0.15) is 5.82 Å². The molecule has 0 radical (unpaired) electrons. The molecule has 0 saturated heterocycles. The lowest BCUT2D eigenvalue weighted by atomic mass is 10.1. The van der Waals surface area contributed by atoms with Crippen molar-refractivity contribution in [3.05, 3.63) is 65.5 Å². The third-order valence-electron chi connectivity index (χ3n) is 4.07. The fourth-order valence-electron chi connectivity index (χ4n) is 2.75. The Hall–Kier alpha value is -2.36. The molecule has 128 valence electrons. The zero-order chi connectivity index (χ0) is 17.4. The van der Waals surface area contributed by atoms with Gasteiger partial charge in [-0.2, -0.15) is 0 Å². The largest absolute Gasteiger partial charge is 0.399 e. The molecule has 0 bridgehead atoms. The number of para-hydroxylation sites is 1. The van der Waals surface area contributed by atoms with Crippen molar-refractivity contribution in [1.82, 2.24) is 4.90 Å². The van der Waals surface area contributed by atoms with Gasteiger partial charge in [-0.3, -0.25) is 4.79 Å².